The van der Waals surface area contributed by atoms with Crippen LogP contribution in [0.5, 0.6) is 5.75 Å². The van der Waals surface area contributed by atoms with Gasteiger partial charge >= 0.3 is 5.78 Å². The zero-order chi connectivity index (χ0) is 10.6. The fourth-order valence-electron chi connectivity index (χ4n) is 1.13. The van der Waals surface area contributed by atoms with E-state index in [-0.39, 0.29) is 12.4 Å². The predicted molar refractivity (Wildman–Crippen MR) is 57.2 cm³/mol. The molecule has 0 amide bonds. The standard InChI is InChI=1S/C12H12O2/c1-4-11-7-5-6-9(2)12(11)14-8-10(3)13/h1,5-7H,8H2,2-3H3/p+1. The van der Waals surface area contributed by atoms with Crippen molar-refractivity contribution >= 4 is 5.78 Å². The molecule has 0 aliphatic carbocycles. The van der Waals surface area contributed by atoms with E-state index in [0.29, 0.717) is 11.3 Å². The Morgan fingerprint density at radius 3 is 2.86 bits per heavy atom. The Bertz CT molecular complexity index is 386. The number of aryl methyl sites for hydroxylation is 1. The van der Waals surface area contributed by atoms with Crippen LogP contribution in [0.15, 0.2) is 18.2 Å². The molecule has 2 nitrogen and oxygen atoms in total. The zero-order valence-electron chi connectivity index (χ0n) is 8.37. The van der Waals surface area contributed by atoms with Gasteiger partial charge in [0.25, 0.3) is 0 Å². The minimum Gasteiger partial charge on any atom is -0.478 e. The van der Waals surface area contributed by atoms with Gasteiger partial charge in [-0.3, -0.25) is 4.79 Å². The molecule has 0 bridgehead atoms. The van der Waals surface area contributed by atoms with Gasteiger partial charge in [-0.25, -0.2) is 0 Å². The first-order valence-electron chi connectivity index (χ1n) is 4.35. The molecule has 0 saturated carbocycles. The molecule has 1 aromatic carbocycles. The van der Waals surface area contributed by atoms with E-state index in [1.807, 2.05) is 25.1 Å². The van der Waals surface area contributed by atoms with Gasteiger partial charge in [-0.2, -0.15) is 0 Å². The summed E-state index contributed by atoms with van der Waals surface area (Å²) >= 11 is 0. The van der Waals surface area contributed by atoms with Crippen molar-refractivity contribution in [3.05, 3.63) is 29.3 Å². The first kappa shape index (κ1) is 10.3. The smallest absolute Gasteiger partial charge is 0.326 e. The molecule has 0 heterocycles. The number of ether oxygens (including phenoxy) is 1. The minimum absolute atomic E-state index is 0.180. The minimum atomic E-state index is 0.180. The van der Waals surface area contributed by atoms with Gasteiger partial charge in [0.1, 0.15) is 5.75 Å². The fourth-order valence-corrected chi connectivity index (χ4v) is 1.13. The molecule has 1 N–H and O–H groups in total. The highest BCUT2D eigenvalue weighted by atomic mass is 16.5. The van der Waals surface area contributed by atoms with Crippen molar-refractivity contribution in [2.24, 2.45) is 0 Å². The molecule has 0 aliphatic rings. The van der Waals surface area contributed by atoms with Crippen molar-refractivity contribution in [2.45, 2.75) is 13.8 Å². The topological polar surface area (TPSA) is 30.6 Å². The zero-order valence-corrected chi connectivity index (χ0v) is 8.37. The second kappa shape index (κ2) is 4.48. The van der Waals surface area contributed by atoms with Gasteiger partial charge in [-0.15, -0.1) is 6.42 Å². The average molecular weight is 189 g/mol. The van der Waals surface area contributed by atoms with Gasteiger partial charge in [0.2, 0.25) is 0 Å². The molecule has 72 valence electrons. The summed E-state index contributed by atoms with van der Waals surface area (Å²) in [6.07, 6.45) is 5.33. The monoisotopic (exact) mass is 189 g/mol. The van der Waals surface area contributed by atoms with E-state index >= 15 is 0 Å². The molecular formula is C12H13O2+. The normalized spacial score (nSPS) is 9.21. The van der Waals surface area contributed by atoms with Crippen molar-refractivity contribution in [1.82, 2.24) is 0 Å². The molecule has 0 aliphatic heterocycles. The Kier molecular flexibility index (Phi) is 3.30. The van der Waals surface area contributed by atoms with Crippen LogP contribution in [-0.4, -0.2) is 17.2 Å². The van der Waals surface area contributed by atoms with Crippen molar-refractivity contribution in [1.29, 1.82) is 0 Å². The van der Waals surface area contributed by atoms with Crippen LogP contribution < -0.4 is 4.74 Å². The first-order chi connectivity index (χ1) is 6.65. The van der Waals surface area contributed by atoms with E-state index in [1.54, 1.807) is 6.92 Å². The molecule has 0 aromatic heterocycles. The van der Waals surface area contributed by atoms with Crippen molar-refractivity contribution < 1.29 is 9.53 Å². The molecule has 0 fully saturated rings. The van der Waals surface area contributed by atoms with E-state index in [1.165, 1.54) is 0 Å². The SMILES string of the molecule is C#Cc1cccc(C)c1OCC(C)=[OH+]. The van der Waals surface area contributed by atoms with Gasteiger partial charge < -0.3 is 4.74 Å². The number of terminal acetylenes is 1. The predicted octanol–water partition coefficient (Wildman–Crippen LogP) is 1.92. The summed E-state index contributed by atoms with van der Waals surface area (Å²) in [6.45, 7) is 3.69. The number of para-hydroxylation sites is 1. The first-order valence-corrected chi connectivity index (χ1v) is 4.35. The molecule has 0 unspecified atom stereocenters. The Balaban J connectivity index is 2.94. The second-order valence-corrected chi connectivity index (χ2v) is 3.12. The lowest BCUT2D eigenvalue weighted by atomic mass is 10.1. The third kappa shape index (κ3) is 2.37. The molecule has 0 saturated heterocycles. The Morgan fingerprint density at radius 1 is 1.57 bits per heavy atom. The van der Waals surface area contributed by atoms with Crippen LogP contribution in [-0.2, 0) is 0 Å². The highest BCUT2D eigenvalue weighted by Crippen LogP contribution is 2.22. The van der Waals surface area contributed by atoms with E-state index in [0.717, 1.165) is 5.56 Å². The van der Waals surface area contributed by atoms with Crippen LogP contribution in [0.4, 0.5) is 0 Å². The third-order valence-corrected chi connectivity index (χ3v) is 1.79. The summed E-state index contributed by atoms with van der Waals surface area (Å²) in [7, 11) is 0. The molecule has 14 heavy (non-hydrogen) atoms. The Hall–Kier alpha value is -1.75. The van der Waals surface area contributed by atoms with Crippen molar-refractivity contribution in [2.75, 3.05) is 6.61 Å². The van der Waals surface area contributed by atoms with Crippen LogP contribution in [0.3, 0.4) is 0 Å². The summed E-state index contributed by atoms with van der Waals surface area (Å²) in [5.41, 5.74) is 1.69. The number of carbonyl (C=O) groups excluding carboxylic acids is 1. The Labute approximate surface area is 83.9 Å². The fraction of sp³-hybridized carbons (Fsp3) is 0.250. The maximum atomic E-state index is 9.01. The lowest BCUT2D eigenvalue weighted by Gasteiger charge is -2.07. The number of ketones is 1. The molecular weight excluding hydrogens is 176 g/mol. The molecule has 0 atom stereocenters. The van der Waals surface area contributed by atoms with Gasteiger partial charge in [-0.1, -0.05) is 18.1 Å². The summed E-state index contributed by atoms with van der Waals surface area (Å²) in [4.78, 5) is 9.01. The van der Waals surface area contributed by atoms with Crippen LogP contribution in [0.1, 0.15) is 18.1 Å². The largest absolute Gasteiger partial charge is 0.478 e. The van der Waals surface area contributed by atoms with Crippen LogP contribution in [0.25, 0.3) is 0 Å². The summed E-state index contributed by atoms with van der Waals surface area (Å²) in [5, 5.41) is 0. The summed E-state index contributed by atoms with van der Waals surface area (Å²) in [5.74, 6) is 3.45. The van der Waals surface area contributed by atoms with Gasteiger partial charge in [-0.05, 0) is 18.6 Å². The molecule has 2 heteroatoms. The van der Waals surface area contributed by atoms with E-state index in [9.17, 15) is 0 Å². The van der Waals surface area contributed by atoms with Crippen LogP contribution in [0, 0.1) is 19.3 Å². The quantitative estimate of drug-likeness (QED) is 0.528. The lowest BCUT2D eigenvalue weighted by Crippen LogP contribution is -2.08. The van der Waals surface area contributed by atoms with Gasteiger partial charge in [0, 0.05) is 0 Å². The maximum absolute atomic E-state index is 9.01. The van der Waals surface area contributed by atoms with Crippen molar-refractivity contribution in [3.8, 4) is 18.1 Å². The number of hydrogen-bond acceptors (Lipinski definition) is 1. The van der Waals surface area contributed by atoms with Crippen molar-refractivity contribution in [3.63, 3.8) is 0 Å². The number of rotatable bonds is 3. The summed E-state index contributed by atoms with van der Waals surface area (Å²) < 4.78 is 5.39. The number of benzene rings is 1. The average Bonchev–Trinajstić information content (AvgIpc) is 2.15. The molecule has 1 rings (SSSR count). The van der Waals surface area contributed by atoms with Gasteiger partial charge in [0.15, 0.2) is 6.61 Å². The highest BCUT2D eigenvalue weighted by Gasteiger charge is 2.07. The third-order valence-electron chi connectivity index (χ3n) is 1.79. The van der Waals surface area contributed by atoms with E-state index in [4.69, 9.17) is 16.0 Å². The molecule has 1 aromatic rings. The lowest BCUT2D eigenvalue weighted by molar-refractivity contribution is 0.361. The van der Waals surface area contributed by atoms with Gasteiger partial charge in [0.05, 0.1) is 12.5 Å². The second-order valence-electron chi connectivity index (χ2n) is 3.12. The maximum Gasteiger partial charge on any atom is 0.326 e. The summed E-state index contributed by atoms with van der Waals surface area (Å²) in [6, 6.07) is 5.62. The van der Waals surface area contributed by atoms with E-state index < -0.39 is 0 Å². The Morgan fingerprint density at radius 2 is 2.29 bits per heavy atom. The molecule has 0 radical (unpaired) electrons. The molecule has 0 spiro atoms. The van der Waals surface area contributed by atoms with Crippen LogP contribution in [0.2, 0.25) is 0 Å². The van der Waals surface area contributed by atoms with Crippen LogP contribution >= 0.6 is 0 Å². The van der Waals surface area contributed by atoms with E-state index in [2.05, 4.69) is 5.92 Å². The number of hydrogen-bond donors (Lipinski definition) is 0. The highest BCUT2D eigenvalue weighted by molar-refractivity contribution is 5.78.